The predicted molar refractivity (Wildman–Crippen MR) is 154 cm³/mol. The van der Waals surface area contributed by atoms with Gasteiger partial charge < -0.3 is 9.66 Å². The third-order valence-corrected chi connectivity index (χ3v) is 9.82. The van der Waals surface area contributed by atoms with Gasteiger partial charge in [-0.25, -0.2) is 8.42 Å². The summed E-state index contributed by atoms with van der Waals surface area (Å²) < 4.78 is 34.7. The number of fused-ring (bicyclic) bond motifs is 3. The van der Waals surface area contributed by atoms with Gasteiger partial charge in [-0.1, -0.05) is 62.4 Å². The number of benzene rings is 4. The molecule has 0 aliphatic heterocycles. The lowest BCUT2D eigenvalue weighted by Crippen LogP contribution is -1.99. The largest absolute Gasteiger partial charge is 0.744 e. The third kappa shape index (κ3) is 6.28. The molecule has 0 saturated carbocycles. The highest BCUT2D eigenvalue weighted by Gasteiger charge is 2.22. The maximum atomic E-state index is 10.6. The van der Waals surface area contributed by atoms with Crippen LogP contribution in [0.3, 0.4) is 0 Å². The first kappa shape index (κ1) is 27.0. The zero-order valence-electron chi connectivity index (χ0n) is 21.1. The normalized spacial score (nSPS) is 12.3. The van der Waals surface area contributed by atoms with Crippen molar-refractivity contribution in [3.63, 3.8) is 0 Å². The van der Waals surface area contributed by atoms with Crippen molar-refractivity contribution in [2.75, 3.05) is 6.61 Å². The second kappa shape index (κ2) is 12.0. The molecule has 37 heavy (non-hydrogen) atoms. The minimum Gasteiger partial charge on any atom is -0.744 e. The molecule has 1 heterocycles. The van der Waals surface area contributed by atoms with Gasteiger partial charge in [0.05, 0.1) is 4.90 Å². The van der Waals surface area contributed by atoms with Crippen LogP contribution in [0.4, 0.5) is 0 Å². The number of hydrogen-bond donors (Lipinski definition) is 1. The van der Waals surface area contributed by atoms with E-state index < -0.39 is 10.1 Å². The maximum absolute atomic E-state index is 10.6. The van der Waals surface area contributed by atoms with E-state index in [4.69, 9.17) is 5.11 Å². The van der Waals surface area contributed by atoms with Crippen molar-refractivity contribution in [1.29, 1.82) is 0 Å². The van der Waals surface area contributed by atoms with Crippen molar-refractivity contribution in [2.24, 2.45) is 0 Å². The molecule has 1 atom stereocenters. The van der Waals surface area contributed by atoms with E-state index in [1.807, 2.05) is 0 Å². The van der Waals surface area contributed by atoms with E-state index in [2.05, 4.69) is 86.6 Å². The minimum absolute atomic E-state index is 0.00393. The Labute approximate surface area is 222 Å². The summed E-state index contributed by atoms with van der Waals surface area (Å²) in [4.78, 5) is 1.21. The summed E-state index contributed by atoms with van der Waals surface area (Å²) in [5, 5.41) is 11.7. The lowest BCUT2D eigenvalue weighted by molar-refractivity contribution is 0.288. The molecular formula is C31H32O4S2. The van der Waals surface area contributed by atoms with Crippen LogP contribution >= 0.6 is 10.5 Å². The van der Waals surface area contributed by atoms with Crippen LogP contribution in [0.5, 0.6) is 0 Å². The second-order valence-electron chi connectivity index (χ2n) is 9.10. The number of hydrogen-bond acceptors (Lipinski definition) is 4. The molecule has 192 valence electrons. The van der Waals surface area contributed by atoms with Crippen LogP contribution in [0.1, 0.15) is 43.7 Å². The number of thiophene rings is 1. The molecule has 5 rings (SSSR count). The first-order valence-electron chi connectivity index (χ1n) is 12.5. The molecule has 6 heteroatoms. The van der Waals surface area contributed by atoms with Gasteiger partial charge in [-0.2, -0.15) is 0 Å². The predicted octanol–water partition coefficient (Wildman–Crippen LogP) is 7.76. The van der Waals surface area contributed by atoms with Crippen molar-refractivity contribution >= 4 is 40.8 Å². The van der Waals surface area contributed by atoms with Gasteiger partial charge in [0, 0.05) is 27.8 Å². The number of rotatable bonds is 7. The fourth-order valence-electron chi connectivity index (χ4n) is 4.38. The number of aliphatic hydroxyl groups is 1. The van der Waals surface area contributed by atoms with Crippen LogP contribution in [-0.4, -0.2) is 24.7 Å². The molecule has 1 aromatic heterocycles. The van der Waals surface area contributed by atoms with Crippen molar-refractivity contribution < 1.29 is 18.1 Å². The molecule has 0 bridgehead atoms. The van der Waals surface area contributed by atoms with Gasteiger partial charge in [-0.05, 0) is 84.8 Å². The zero-order chi connectivity index (χ0) is 26.4. The third-order valence-electron chi connectivity index (χ3n) is 6.64. The Morgan fingerprint density at radius 3 is 1.84 bits per heavy atom. The number of aryl methyl sites for hydroxylation is 1. The minimum atomic E-state index is -4.30. The zero-order valence-corrected chi connectivity index (χ0v) is 22.8. The highest BCUT2D eigenvalue weighted by molar-refractivity contribution is 7.85. The molecule has 4 nitrogen and oxygen atoms in total. The van der Waals surface area contributed by atoms with Gasteiger partial charge in [-0.15, -0.1) is 0 Å². The number of aliphatic hydroxyl groups excluding tert-OH is 1. The molecule has 5 aromatic rings. The smallest absolute Gasteiger partial charge is 0.187 e. The van der Waals surface area contributed by atoms with Gasteiger partial charge in [0.1, 0.15) is 10.1 Å². The molecule has 0 amide bonds. The molecule has 0 aliphatic carbocycles. The quantitative estimate of drug-likeness (QED) is 0.172. The van der Waals surface area contributed by atoms with Gasteiger partial charge in [0.15, 0.2) is 14.3 Å². The van der Waals surface area contributed by atoms with Gasteiger partial charge >= 0.3 is 0 Å². The second-order valence-corrected chi connectivity index (χ2v) is 12.4. The van der Waals surface area contributed by atoms with Gasteiger partial charge in [-0.3, -0.25) is 0 Å². The highest BCUT2D eigenvalue weighted by atomic mass is 32.2. The van der Waals surface area contributed by atoms with Crippen molar-refractivity contribution in [2.45, 2.75) is 43.9 Å². The summed E-state index contributed by atoms with van der Waals surface area (Å²) in [6.45, 7) is 4.37. The Kier molecular flexibility index (Phi) is 8.77. The van der Waals surface area contributed by atoms with Crippen molar-refractivity contribution in [1.82, 2.24) is 0 Å². The van der Waals surface area contributed by atoms with Crippen LogP contribution in [0, 0.1) is 0 Å². The van der Waals surface area contributed by atoms with E-state index in [0.717, 1.165) is 24.8 Å². The van der Waals surface area contributed by atoms with Crippen LogP contribution in [0.2, 0.25) is 0 Å². The Balaban J connectivity index is 0.000000197. The fourth-order valence-corrected chi connectivity index (χ4v) is 7.23. The molecular weight excluding hydrogens is 500 g/mol. The van der Waals surface area contributed by atoms with Crippen LogP contribution in [0.25, 0.3) is 25.1 Å². The Morgan fingerprint density at radius 2 is 1.35 bits per heavy atom. The summed E-state index contributed by atoms with van der Waals surface area (Å²) in [6.07, 6.45) is 2.76. The summed E-state index contributed by atoms with van der Waals surface area (Å²) in [5.74, 6) is 0.387. The Hall–Kier alpha value is -3.03. The fraction of sp³-hybridized carbons (Fsp3) is 0.226. The SMILES string of the molecule is CCC(C)c1ccc(S(=O)(=O)[O-])cc1.OCCCc1ccc(-[s+]2c3ccccc3c3ccccc32)cc1. The van der Waals surface area contributed by atoms with E-state index in [0.29, 0.717) is 5.92 Å². The lowest BCUT2D eigenvalue weighted by Gasteiger charge is -2.11. The van der Waals surface area contributed by atoms with Crippen molar-refractivity contribution in [3.8, 4) is 4.90 Å². The average molecular weight is 533 g/mol. The summed E-state index contributed by atoms with van der Waals surface area (Å²) in [5.41, 5.74) is 2.35. The van der Waals surface area contributed by atoms with E-state index >= 15 is 0 Å². The average Bonchev–Trinajstić information content (AvgIpc) is 3.26. The summed E-state index contributed by atoms with van der Waals surface area (Å²) in [6, 6.07) is 32.6. The maximum Gasteiger partial charge on any atom is 0.187 e. The monoisotopic (exact) mass is 532 g/mol. The first-order valence-corrected chi connectivity index (χ1v) is 15.1. The lowest BCUT2D eigenvalue weighted by atomic mass is 9.99. The highest BCUT2D eigenvalue weighted by Crippen LogP contribution is 2.48. The summed E-state index contributed by atoms with van der Waals surface area (Å²) in [7, 11) is -4.31. The van der Waals surface area contributed by atoms with E-state index in [9.17, 15) is 13.0 Å². The molecule has 0 spiro atoms. The Bertz CT molecular complexity index is 1510. The van der Waals surface area contributed by atoms with Gasteiger partial charge in [0.2, 0.25) is 0 Å². The van der Waals surface area contributed by atoms with Crippen LogP contribution < -0.4 is 0 Å². The molecule has 4 aromatic carbocycles. The molecule has 0 aliphatic rings. The van der Waals surface area contributed by atoms with Crippen LogP contribution in [-0.2, 0) is 16.5 Å². The van der Waals surface area contributed by atoms with Crippen LogP contribution in [0.15, 0.2) is 102 Å². The molecule has 0 fully saturated rings. The topological polar surface area (TPSA) is 77.4 Å². The van der Waals surface area contributed by atoms with Gasteiger partial charge in [0.25, 0.3) is 0 Å². The molecule has 0 saturated heterocycles. The standard InChI is InChI=1S/C21H19OS.C10H14O3S/c22-15-5-6-16-11-13-17(14-12-16)23-20-9-3-1-7-18(20)19-8-2-4-10-21(19)23;1-3-8(2)9-4-6-10(7-5-9)14(11,12)13/h1-4,7-14,22H,5-6,15H2;4-8H,3H2,1-2H3,(H,11,12,13)/q+1;/p-1. The van der Waals surface area contributed by atoms with E-state index in [1.54, 1.807) is 12.1 Å². The first-order chi connectivity index (χ1) is 17.8. The molecule has 1 unspecified atom stereocenters. The molecule has 1 N–H and O–H groups in total. The summed E-state index contributed by atoms with van der Waals surface area (Å²) >= 11 is 0. The van der Waals surface area contributed by atoms with E-state index in [1.165, 1.54) is 42.8 Å². The molecule has 0 radical (unpaired) electrons. The Morgan fingerprint density at radius 1 is 0.811 bits per heavy atom. The van der Waals surface area contributed by atoms with E-state index in [-0.39, 0.29) is 22.0 Å². The van der Waals surface area contributed by atoms with Crippen molar-refractivity contribution in [3.05, 3.63) is 108 Å².